The predicted molar refractivity (Wildman–Crippen MR) is 130 cm³/mol. The number of para-hydroxylation sites is 1. The lowest BCUT2D eigenvalue weighted by Gasteiger charge is -2.10. The lowest BCUT2D eigenvalue weighted by molar-refractivity contribution is 0.0955. The van der Waals surface area contributed by atoms with Crippen LogP contribution in [0.15, 0.2) is 77.9 Å². The Morgan fingerprint density at radius 3 is 2.58 bits per heavy atom. The van der Waals surface area contributed by atoms with Gasteiger partial charge in [-0.2, -0.15) is 10.4 Å². The fraction of sp³-hybridized carbons (Fsp3) is 0.148. The zero-order valence-electron chi connectivity index (χ0n) is 18.6. The highest BCUT2D eigenvalue weighted by Crippen LogP contribution is 2.26. The number of carbonyl (C=O) groups excluding carboxylic acids is 1. The van der Waals surface area contributed by atoms with E-state index >= 15 is 0 Å². The molecule has 1 heterocycles. The minimum Gasteiger partial charge on any atom is -0.494 e. The standard InChI is InChI=1S/C27H24N4O2/c1-3-33-23-14-12-20(13-15-23)27(32)30-29-17-25-19(2)31(26-11-7-6-10-24(25)26)18-22-9-5-4-8-21(22)16-28/h4-15,17H,3,18H2,1-2H3,(H,30,32)/b29-17+. The molecule has 0 aliphatic carbocycles. The molecular weight excluding hydrogens is 412 g/mol. The van der Waals surface area contributed by atoms with Crippen LogP contribution in [-0.2, 0) is 6.54 Å². The van der Waals surface area contributed by atoms with Crippen molar-refractivity contribution in [1.82, 2.24) is 9.99 Å². The molecule has 0 saturated heterocycles. The molecule has 1 amide bonds. The number of hydrogen-bond acceptors (Lipinski definition) is 4. The minimum atomic E-state index is -0.293. The topological polar surface area (TPSA) is 79.4 Å². The van der Waals surface area contributed by atoms with Crippen molar-refractivity contribution in [2.75, 3.05) is 6.61 Å². The molecule has 1 aromatic heterocycles. The van der Waals surface area contributed by atoms with Crippen LogP contribution in [0.5, 0.6) is 5.75 Å². The van der Waals surface area contributed by atoms with Gasteiger partial charge >= 0.3 is 0 Å². The summed E-state index contributed by atoms with van der Waals surface area (Å²) in [5.41, 5.74) is 7.69. The van der Waals surface area contributed by atoms with E-state index < -0.39 is 0 Å². The molecule has 0 saturated carbocycles. The van der Waals surface area contributed by atoms with Crippen LogP contribution >= 0.6 is 0 Å². The summed E-state index contributed by atoms with van der Waals surface area (Å²) in [6, 6.07) is 24.9. The number of ether oxygens (including phenoxy) is 1. The Kier molecular flexibility index (Phi) is 6.51. The van der Waals surface area contributed by atoms with Gasteiger partial charge in [0.05, 0.1) is 24.5 Å². The van der Waals surface area contributed by atoms with Crippen LogP contribution in [0.2, 0.25) is 0 Å². The Morgan fingerprint density at radius 1 is 1.09 bits per heavy atom. The number of nitrogens with one attached hydrogen (secondary N) is 1. The summed E-state index contributed by atoms with van der Waals surface area (Å²) in [6.45, 7) is 5.08. The van der Waals surface area contributed by atoms with Gasteiger partial charge in [0, 0.05) is 34.3 Å². The molecule has 0 aliphatic rings. The van der Waals surface area contributed by atoms with Crippen molar-refractivity contribution in [3.63, 3.8) is 0 Å². The molecule has 6 nitrogen and oxygen atoms in total. The molecule has 4 rings (SSSR count). The molecule has 164 valence electrons. The van der Waals surface area contributed by atoms with Gasteiger partial charge in [-0.05, 0) is 55.8 Å². The number of fused-ring (bicyclic) bond motifs is 1. The number of rotatable bonds is 7. The molecule has 0 atom stereocenters. The van der Waals surface area contributed by atoms with Crippen molar-refractivity contribution in [1.29, 1.82) is 5.26 Å². The maximum Gasteiger partial charge on any atom is 0.271 e. The summed E-state index contributed by atoms with van der Waals surface area (Å²) < 4.78 is 7.58. The van der Waals surface area contributed by atoms with Crippen molar-refractivity contribution in [3.8, 4) is 11.8 Å². The summed E-state index contributed by atoms with van der Waals surface area (Å²) in [4.78, 5) is 12.5. The number of aromatic nitrogens is 1. The molecule has 0 aliphatic heterocycles. The second kappa shape index (κ2) is 9.84. The molecule has 0 radical (unpaired) electrons. The van der Waals surface area contributed by atoms with E-state index in [1.807, 2.05) is 62.4 Å². The number of amides is 1. The highest BCUT2D eigenvalue weighted by molar-refractivity contribution is 6.02. The maximum absolute atomic E-state index is 12.5. The van der Waals surface area contributed by atoms with Crippen molar-refractivity contribution < 1.29 is 9.53 Å². The molecule has 0 unspecified atom stereocenters. The summed E-state index contributed by atoms with van der Waals surface area (Å²) in [6.07, 6.45) is 1.68. The molecule has 1 N–H and O–H groups in total. The fourth-order valence-corrected chi connectivity index (χ4v) is 3.85. The Labute approximate surface area is 192 Å². The van der Waals surface area contributed by atoms with Crippen LogP contribution < -0.4 is 10.2 Å². The van der Waals surface area contributed by atoms with Crippen LogP contribution in [0.1, 0.15) is 39.7 Å². The minimum absolute atomic E-state index is 0.293. The molecule has 0 fully saturated rings. The largest absolute Gasteiger partial charge is 0.494 e. The van der Waals surface area contributed by atoms with Crippen LogP contribution in [-0.4, -0.2) is 23.3 Å². The van der Waals surface area contributed by atoms with Gasteiger partial charge in [-0.15, -0.1) is 0 Å². The van der Waals surface area contributed by atoms with E-state index in [1.165, 1.54) is 0 Å². The van der Waals surface area contributed by atoms with Gasteiger partial charge in [0.15, 0.2) is 0 Å². The molecule has 4 aromatic rings. The second-order valence-corrected chi connectivity index (χ2v) is 7.53. The highest BCUT2D eigenvalue weighted by atomic mass is 16.5. The first-order chi connectivity index (χ1) is 16.1. The molecule has 33 heavy (non-hydrogen) atoms. The van der Waals surface area contributed by atoms with Crippen LogP contribution in [0.3, 0.4) is 0 Å². The number of hydrazone groups is 1. The summed E-state index contributed by atoms with van der Waals surface area (Å²) in [5, 5.41) is 14.7. The van der Waals surface area contributed by atoms with E-state index in [1.54, 1.807) is 30.5 Å². The van der Waals surface area contributed by atoms with Crippen LogP contribution in [0, 0.1) is 18.3 Å². The Balaban J connectivity index is 1.59. The maximum atomic E-state index is 12.5. The lowest BCUT2D eigenvalue weighted by atomic mass is 10.1. The van der Waals surface area contributed by atoms with E-state index in [2.05, 4.69) is 21.2 Å². The van der Waals surface area contributed by atoms with E-state index in [4.69, 9.17) is 4.74 Å². The van der Waals surface area contributed by atoms with E-state index in [9.17, 15) is 10.1 Å². The van der Waals surface area contributed by atoms with Gasteiger partial charge in [-0.3, -0.25) is 4.79 Å². The monoisotopic (exact) mass is 436 g/mol. The van der Waals surface area contributed by atoms with Crippen LogP contribution in [0.4, 0.5) is 0 Å². The summed E-state index contributed by atoms with van der Waals surface area (Å²) in [7, 11) is 0. The van der Waals surface area contributed by atoms with Crippen molar-refractivity contribution in [3.05, 3.63) is 101 Å². The number of carbonyl (C=O) groups is 1. The third-order valence-electron chi connectivity index (χ3n) is 5.53. The Morgan fingerprint density at radius 2 is 1.82 bits per heavy atom. The van der Waals surface area contributed by atoms with Crippen LogP contribution in [0.25, 0.3) is 10.9 Å². The normalized spacial score (nSPS) is 10.9. The van der Waals surface area contributed by atoms with E-state index in [0.717, 1.165) is 33.5 Å². The van der Waals surface area contributed by atoms with Gasteiger partial charge in [-0.1, -0.05) is 36.4 Å². The third kappa shape index (κ3) is 4.63. The molecular formula is C27H24N4O2. The van der Waals surface area contributed by atoms with Gasteiger partial charge in [0.25, 0.3) is 5.91 Å². The number of nitrogens with zero attached hydrogens (tertiary/aromatic N) is 3. The molecule has 3 aromatic carbocycles. The molecule has 0 bridgehead atoms. The Bertz CT molecular complexity index is 1360. The Hall–Kier alpha value is -4.37. The van der Waals surface area contributed by atoms with E-state index in [-0.39, 0.29) is 5.91 Å². The predicted octanol–water partition coefficient (Wildman–Crippen LogP) is 5.03. The first-order valence-electron chi connectivity index (χ1n) is 10.7. The quantitative estimate of drug-likeness (QED) is 0.326. The average Bonchev–Trinajstić information content (AvgIpc) is 3.11. The van der Waals surface area contributed by atoms with Crippen molar-refractivity contribution in [2.24, 2.45) is 5.10 Å². The van der Waals surface area contributed by atoms with Gasteiger partial charge < -0.3 is 9.30 Å². The number of benzene rings is 3. The number of hydrogen-bond donors (Lipinski definition) is 1. The highest BCUT2D eigenvalue weighted by Gasteiger charge is 2.14. The smallest absolute Gasteiger partial charge is 0.271 e. The molecule has 0 spiro atoms. The SMILES string of the molecule is CCOc1ccc(C(=O)N/N=C/c2c(C)n(Cc3ccccc3C#N)c3ccccc23)cc1. The first-order valence-corrected chi connectivity index (χ1v) is 10.7. The summed E-state index contributed by atoms with van der Waals surface area (Å²) >= 11 is 0. The van der Waals surface area contributed by atoms with Crippen molar-refractivity contribution in [2.45, 2.75) is 20.4 Å². The zero-order chi connectivity index (χ0) is 23.2. The lowest BCUT2D eigenvalue weighted by Crippen LogP contribution is -2.17. The van der Waals surface area contributed by atoms with Gasteiger partial charge in [0.1, 0.15) is 5.75 Å². The fourth-order valence-electron chi connectivity index (χ4n) is 3.85. The zero-order valence-corrected chi connectivity index (χ0v) is 18.6. The third-order valence-corrected chi connectivity index (χ3v) is 5.53. The van der Waals surface area contributed by atoms with E-state index in [0.29, 0.717) is 24.3 Å². The first kappa shape index (κ1) is 21.8. The second-order valence-electron chi connectivity index (χ2n) is 7.53. The number of nitriles is 1. The van der Waals surface area contributed by atoms with Gasteiger partial charge in [-0.25, -0.2) is 5.43 Å². The van der Waals surface area contributed by atoms with Crippen molar-refractivity contribution >= 4 is 23.0 Å². The van der Waals surface area contributed by atoms with Gasteiger partial charge in [0.2, 0.25) is 0 Å². The molecule has 6 heteroatoms. The average molecular weight is 437 g/mol. The summed E-state index contributed by atoms with van der Waals surface area (Å²) in [5.74, 6) is 0.428.